The number of sulfone groups is 1. The molecule has 6 heteroatoms. The molecule has 0 aliphatic heterocycles. The Hall–Kier alpha value is -3.04. The Morgan fingerprint density at radius 1 is 1.17 bits per heavy atom. The molecule has 24 heavy (non-hydrogen) atoms. The fourth-order valence-corrected chi connectivity index (χ4v) is 3.56. The first-order valence-electron chi connectivity index (χ1n) is 7.13. The second-order valence-corrected chi connectivity index (χ2v) is 7.01. The van der Waals surface area contributed by atoms with Gasteiger partial charge in [0, 0.05) is 22.7 Å². The quantitative estimate of drug-likeness (QED) is 0.738. The zero-order chi connectivity index (χ0) is 17.2. The zero-order valence-electron chi connectivity index (χ0n) is 12.9. The van der Waals surface area contributed by atoms with Gasteiger partial charge in [-0.15, -0.1) is 0 Å². The molecular weight excluding hydrogens is 324 g/mol. The Morgan fingerprint density at radius 3 is 2.54 bits per heavy atom. The maximum Gasteiger partial charge on any atom is 0.216 e. The van der Waals surface area contributed by atoms with Crippen molar-refractivity contribution in [3.8, 4) is 11.8 Å². The van der Waals surface area contributed by atoms with E-state index in [1.807, 2.05) is 24.3 Å². The van der Waals surface area contributed by atoms with E-state index in [2.05, 4.69) is 4.98 Å². The summed E-state index contributed by atoms with van der Waals surface area (Å²) in [6, 6.07) is 15.2. The van der Waals surface area contributed by atoms with E-state index in [4.69, 9.17) is 4.74 Å². The number of hydrogen-bond donors (Lipinski definition) is 1. The fourth-order valence-electron chi connectivity index (χ4n) is 2.41. The number of ether oxygens (including phenoxy) is 1. The lowest BCUT2D eigenvalue weighted by Gasteiger charge is -2.04. The van der Waals surface area contributed by atoms with Crippen molar-refractivity contribution in [1.29, 1.82) is 5.26 Å². The number of nitrogens with one attached hydrogen (secondary N) is 1. The van der Waals surface area contributed by atoms with Crippen molar-refractivity contribution in [1.82, 2.24) is 4.98 Å². The second-order valence-electron chi connectivity index (χ2n) is 5.09. The van der Waals surface area contributed by atoms with Gasteiger partial charge >= 0.3 is 0 Å². The van der Waals surface area contributed by atoms with Crippen molar-refractivity contribution in [2.45, 2.75) is 4.90 Å². The van der Waals surface area contributed by atoms with Crippen LogP contribution in [0, 0.1) is 11.3 Å². The van der Waals surface area contributed by atoms with Crippen molar-refractivity contribution < 1.29 is 13.2 Å². The van der Waals surface area contributed by atoms with Crippen LogP contribution < -0.4 is 4.74 Å². The molecule has 0 radical (unpaired) electrons. The highest BCUT2D eigenvalue weighted by Gasteiger charge is 2.21. The fraction of sp³-hybridized carbons (Fsp3) is 0.0556. The predicted octanol–water partition coefficient (Wildman–Crippen LogP) is 3.51. The molecule has 0 spiro atoms. The van der Waals surface area contributed by atoms with Crippen LogP contribution in [0.3, 0.4) is 0 Å². The van der Waals surface area contributed by atoms with Gasteiger partial charge in [0.2, 0.25) is 9.84 Å². The molecule has 0 aliphatic rings. The summed E-state index contributed by atoms with van der Waals surface area (Å²) >= 11 is 0. The van der Waals surface area contributed by atoms with Gasteiger partial charge in [-0.25, -0.2) is 8.42 Å². The van der Waals surface area contributed by atoms with Crippen LogP contribution in [0.2, 0.25) is 0 Å². The Bertz CT molecular complexity index is 1060. The average Bonchev–Trinajstić information content (AvgIpc) is 3.02. The standard InChI is InChI=1S/C18H14N2O3S/c1-23-14-6-8-15(9-7-14)24(21,22)16(11-19)10-13-12-20-18-5-3-2-4-17(13)18/h2-10,12,20H,1H3. The molecule has 0 bridgehead atoms. The third-order valence-electron chi connectivity index (χ3n) is 3.68. The lowest BCUT2D eigenvalue weighted by Crippen LogP contribution is -2.03. The highest BCUT2D eigenvalue weighted by molar-refractivity contribution is 7.95. The van der Waals surface area contributed by atoms with E-state index in [-0.39, 0.29) is 9.80 Å². The summed E-state index contributed by atoms with van der Waals surface area (Å²) in [5.41, 5.74) is 1.53. The topological polar surface area (TPSA) is 82.9 Å². The number of benzene rings is 2. The van der Waals surface area contributed by atoms with E-state index in [0.717, 1.165) is 10.9 Å². The van der Waals surface area contributed by atoms with E-state index in [1.54, 1.807) is 24.4 Å². The summed E-state index contributed by atoms with van der Waals surface area (Å²) in [4.78, 5) is 2.80. The smallest absolute Gasteiger partial charge is 0.216 e. The number of aromatic amines is 1. The third-order valence-corrected chi connectivity index (χ3v) is 5.36. The van der Waals surface area contributed by atoms with Gasteiger partial charge < -0.3 is 9.72 Å². The van der Waals surface area contributed by atoms with Gasteiger partial charge in [0.15, 0.2) is 0 Å². The molecule has 0 unspecified atom stereocenters. The molecule has 0 aliphatic carbocycles. The first-order chi connectivity index (χ1) is 11.6. The summed E-state index contributed by atoms with van der Waals surface area (Å²) in [7, 11) is -2.39. The molecule has 1 N–H and O–H groups in total. The molecule has 0 amide bonds. The number of H-pyrrole nitrogens is 1. The van der Waals surface area contributed by atoms with Crippen molar-refractivity contribution in [2.24, 2.45) is 0 Å². The molecule has 0 atom stereocenters. The summed E-state index contributed by atoms with van der Waals surface area (Å²) in [5.74, 6) is 0.549. The van der Waals surface area contributed by atoms with Crippen LogP contribution in [0.1, 0.15) is 5.56 Å². The van der Waals surface area contributed by atoms with Crippen molar-refractivity contribution in [2.75, 3.05) is 7.11 Å². The summed E-state index contributed by atoms with van der Waals surface area (Å²) < 4.78 is 30.4. The van der Waals surface area contributed by atoms with E-state index >= 15 is 0 Å². The molecule has 0 saturated heterocycles. The molecule has 1 heterocycles. The maximum atomic E-state index is 12.7. The zero-order valence-corrected chi connectivity index (χ0v) is 13.7. The molecule has 1 aromatic heterocycles. The van der Waals surface area contributed by atoms with Crippen LogP contribution in [0.25, 0.3) is 17.0 Å². The number of fused-ring (bicyclic) bond motifs is 1. The molecule has 5 nitrogen and oxygen atoms in total. The first kappa shape index (κ1) is 15.8. The van der Waals surface area contributed by atoms with E-state index in [0.29, 0.717) is 11.3 Å². The van der Waals surface area contributed by atoms with Crippen LogP contribution in [0.4, 0.5) is 0 Å². The van der Waals surface area contributed by atoms with Crippen LogP contribution in [-0.2, 0) is 9.84 Å². The van der Waals surface area contributed by atoms with Gasteiger partial charge in [0.1, 0.15) is 16.7 Å². The highest BCUT2D eigenvalue weighted by atomic mass is 32.2. The van der Waals surface area contributed by atoms with E-state index in [1.165, 1.54) is 25.3 Å². The number of hydrogen-bond acceptors (Lipinski definition) is 4. The number of para-hydroxylation sites is 1. The lowest BCUT2D eigenvalue weighted by atomic mass is 10.1. The number of nitriles is 1. The second kappa shape index (κ2) is 6.22. The number of aromatic nitrogens is 1. The van der Waals surface area contributed by atoms with Gasteiger partial charge in [0.25, 0.3) is 0 Å². The molecule has 2 aromatic carbocycles. The Balaban J connectivity index is 2.08. The van der Waals surface area contributed by atoms with Gasteiger partial charge in [-0.1, -0.05) is 18.2 Å². The SMILES string of the molecule is COc1ccc(S(=O)(=O)C(C#N)=Cc2c[nH]c3ccccc23)cc1. The van der Waals surface area contributed by atoms with Crippen molar-refractivity contribution in [3.05, 3.63) is 65.2 Å². The lowest BCUT2D eigenvalue weighted by molar-refractivity contribution is 0.414. The van der Waals surface area contributed by atoms with Gasteiger partial charge in [-0.3, -0.25) is 0 Å². The minimum Gasteiger partial charge on any atom is -0.497 e. The third kappa shape index (κ3) is 2.77. The largest absolute Gasteiger partial charge is 0.497 e. The molecule has 120 valence electrons. The van der Waals surface area contributed by atoms with Crippen molar-refractivity contribution in [3.63, 3.8) is 0 Å². The van der Waals surface area contributed by atoms with Gasteiger partial charge in [-0.2, -0.15) is 5.26 Å². The Morgan fingerprint density at radius 2 is 1.88 bits per heavy atom. The number of methoxy groups -OCH3 is 1. The van der Waals surface area contributed by atoms with Gasteiger partial charge in [0.05, 0.1) is 12.0 Å². The molecule has 0 fully saturated rings. The minimum absolute atomic E-state index is 0.0518. The van der Waals surface area contributed by atoms with Gasteiger partial charge in [-0.05, 0) is 36.4 Å². The van der Waals surface area contributed by atoms with Crippen LogP contribution >= 0.6 is 0 Å². The van der Waals surface area contributed by atoms with E-state index < -0.39 is 9.84 Å². The van der Waals surface area contributed by atoms with Crippen molar-refractivity contribution >= 4 is 26.8 Å². The Kier molecular flexibility index (Phi) is 4.11. The Labute approximate surface area is 139 Å². The average molecular weight is 338 g/mol. The minimum atomic E-state index is -3.89. The first-order valence-corrected chi connectivity index (χ1v) is 8.61. The van der Waals surface area contributed by atoms with Crippen LogP contribution in [-0.4, -0.2) is 20.5 Å². The normalized spacial score (nSPS) is 12.1. The number of nitrogens with zero attached hydrogens (tertiary/aromatic N) is 1. The summed E-state index contributed by atoms with van der Waals surface area (Å²) in [6.45, 7) is 0. The van der Waals surface area contributed by atoms with Crippen LogP contribution in [0.5, 0.6) is 5.75 Å². The number of allylic oxidation sites excluding steroid dienone is 1. The molecule has 3 rings (SSSR count). The molecular formula is C18H14N2O3S. The van der Waals surface area contributed by atoms with E-state index in [9.17, 15) is 13.7 Å². The summed E-state index contributed by atoms with van der Waals surface area (Å²) in [6.07, 6.45) is 3.07. The highest BCUT2D eigenvalue weighted by Crippen LogP contribution is 2.26. The molecule has 3 aromatic rings. The predicted molar refractivity (Wildman–Crippen MR) is 92.1 cm³/mol. The van der Waals surface area contributed by atoms with Crippen LogP contribution in [0.15, 0.2) is 64.5 Å². The summed E-state index contributed by atoms with van der Waals surface area (Å²) in [5, 5.41) is 10.2. The molecule has 0 saturated carbocycles. The monoisotopic (exact) mass is 338 g/mol. The maximum absolute atomic E-state index is 12.7. The number of rotatable bonds is 4.